The van der Waals surface area contributed by atoms with Gasteiger partial charge < -0.3 is 15.2 Å². The Morgan fingerprint density at radius 2 is 1.67 bits per heavy atom. The van der Waals surface area contributed by atoms with Crippen molar-refractivity contribution in [1.82, 2.24) is 0 Å². The third kappa shape index (κ3) is 7.76. The minimum Gasteiger partial charge on any atom is -0.493 e. The van der Waals surface area contributed by atoms with E-state index in [4.69, 9.17) is 10.5 Å². The van der Waals surface area contributed by atoms with E-state index in [2.05, 4.69) is 98.3 Å². The Kier molecular flexibility index (Phi) is 9.52. The van der Waals surface area contributed by atoms with E-state index in [1.807, 2.05) is 12.1 Å². The van der Waals surface area contributed by atoms with Gasteiger partial charge in [-0.15, -0.1) is 0 Å². The summed E-state index contributed by atoms with van der Waals surface area (Å²) in [4.78, 5) is 1.13. The van der Waals surface area contributed by atoms with E-state index in [9.17, 15) is 0 Å². The van der Waals surface area contributed by atoms with Gasteiger partial charge in [0.15, 0.2) is 0 Å². The van der Waals surface area contributed by atoms with Crippen LogP contribution >= 0.6 is 11.9 Å². The second-order valence-electron chi connectivity index (χ2n) is 7.99. The van der Waals surface area contributed by atoms with E-state index in [0.717, 1.165) is 64.6 Å². The van der Waals surface area contributed by atoms with Crippen molar-refractivity contribution in [3.8, 4) is 5.75 Å². The van der Waals surface area contributed by atoms with Crippen LogP contribution in [0.1, 0.15) is 55.4 Å². The van der Waals surface area contributed by atoms with Crippen LogP contribution < -0.4 is 15.2 Å². The highest BCUT2D eigenvalue weighted by atomic mass is 32.2. The van der Waals surface area contributed by atoms with Crippen molar-refractivity contribution in [2.45, 2.75) is 44.9 Å². The lowest BCUT2D eigenvalue weighted by Gasteiger charge is -2.09. The van der Waals surface area contributed by atoms with Gasteiger partial charge in [0.05, 0.1) is 6.61 Å². The summed E-state index contributed by atoms with van der Waals surface area (Å²) in [7, 11) is 0. The van der Waals surface area contributed by atoms with Crippen LogP contribution in [-0.2, 0) is 0 Å². The van der Waals surface area contributed by atoms with Gasteiger partial charge in [-0.25, -0.2) is 0 Å². The van der Waals surface area contributed by atoms with E-state index < -0.39 is 0 Å². The van der Waals surface area contributed by atoms with E-state index in [0.29, 0.717) is 0 Å². The molecule has 4 heteroatoms. The molecule has 0 aromatic heterocycles. The maximum absolute atomic E-state index is 6.07. The molecular formula is C29H34N2OS. The van der Waals surface area contributed by atoms with Crippen molar-refractivity contribution < 1.29 is 4.74 Å². The monoisotopic (exact) mass is 458 g/mol. The second kappa shape index (κ2) is 12.8. The first kappa shape index (κ1) is 24.5. The first-order valence-corrected chi connectivity index (χ1v) is 12.4. The number of nitrogens with one attached hydrogen (secondary N) is 1. The summed E-state index contributed by atoms with van der Waals surface area (Å²) in [6.45, 7) is 7.15. The van der Waals surface area contributed by atoms with E-state index >= 15 is 0 Å². The highest BCUT2D eigenvalue weighted by Crippen LogP contribution is 2.26. The van der Waals surface area contributed by atoms with E-state index in [1.54, 1.807) is 11.9 Å². The summed E-state index contributed by atoms with van der Waals surface area (Å²) >= 11 is 1.59. The van der Waals surface area contributed by atoms with E-state index in [1.165, 1.54) is 5.56 Å². The first-order valence-electron chi connectivity index (χ1n) is 11.6. The minimum atomic E-state index is 0.768. The fraction of sp³-hybridized carbons (Fsp3) is 0.241. The standard InChI is InChI=1S/C29H34N2OS/c1-4-6-8-25-21-27(17-18-28(25)30)33-31-26-15-13-23(14-16-26)11-12-24-10-9-22(3)29(20-24)32-19-7-5-2/h6,8-18,20-21,31H,4-5,7,19,30H2,1-3H3/b8-6-,12-11+. The van der Waals surface area contributed by atoms with Gasteiger partial charge in [0.2, 0.25) is 0 Å². The molecule has 0 aliphatic carbocycles. The molecule has 3 aromatic carbocycles. The number of anilines is 2. The molecule has 0 radical (unpaired) electrons. The molecule has 0 atom stereocenters. The normalized spacial score (nSPS) is 11.4. The van der Waals surface area contributed by atoms with Gasteiger partial charge in [-0.05, 0) is 90.4 Å². The highest BCUT2D eigenvalue weighted by molar-refractivity contribution is 8.00. The number of aryl methyl sites for hydroxylation is 1. The van der Waals surface area contributed by atoms with Gasteiger partial charge >= 0.3 is 0 Å². The number of unbranched alkanes of at least 4 members (excludes halogenated alkanes) is 1. The number of nitrogen functional groups attached to an aromatic ring is 1. The van der Waals surface area contributed by atoms with Crippen molar-refractivity contribution in [2.75, 3.05) is 17.1 Å². The molecule has 0 amide bonds. The van der Waals surface area contributed by atoms with Crippen LogP contribution in [0.2, 0.25) is 0 Å². The predicted octanol–water partition coefficient (Wildman–Crippen LogP) is 8.47. The SMILES string of the molecule is CC/C=C\c1cc(SNc2ccc(/C=C/c3ccc(C)c(OCCCC)c3)cc2)ccc1N. The Bertz CT molecular complexity index is 1090. The topological polar surface area (TPSA) is 47.3 Å². The third-order valence-electron chi connectivity index (χ3n) is 5.22. The smallest absolute Gasteiger partial charge is 0.122 e. The van der Waals surface area contributed by atoms with Crippen LogP contribution in [0, 0.1) is 6.92 Å². The van der Waals surface area contributed by atoms with Crippen molar-refractivity contribution in [2.24, 2.45) is 0 Å². The number of benzene rings is 3. The molecule has 0 aliphatic rings. The molecule has 0 saturated carbocycles. The zero-order valence-corrected chi connectivity index (χ0v) is 20.6. The molecule has 33 heavy (non-hydrogen) atoms. The molecule has 3 rings (SSSR count). The van der Waals surface area contributed by atoms with Gasteiger partial charge in [0, 0.05) is 16.3 Å². The lowest BCUT2D eigenvalue weighted by molar-refractivity contribution is 0.307. The number of ether oxygens (including phenoxy) is 1. The number of hydrogen-bond donors (Lipinski definition) is 2. The first-order chi connectivity index (χ1) is 16.1. The predicted molar refractivity (Wildman–Crippen MR) is 147 cm³/mol. The number of rotatable bonds is 11. The molecule has 3 nitrogen and oxygen atoms in total. The van der Waals surface area contributed by atoms with Crippen molar-refractivity contribution in [3.63, 3.8) is 0 Å². The Morgan fingerprint density at radius 3 is 2.42 bits per heavy atom. The zero-order chi connectivity index (χ0) is 23.5. The van der Waals surface area contributed by atoms with Crippen molar-refractivity contribution >= 4 is 41.6 Å². The molecule has 172 valence electrons. The molecule has 0 heterocycles. The number of hydrogen-bond acceptors (Lipinski definition) is 4. The summed E-state index contributed by atoms with van der Waals surface area (Å²) < 4.78 is 9.34. The molecule has 0 fully saturated rings. The Labute approximate surface area is 202 Å². The second-order valence-corrected chi connectivity index (χ2v) is 8.87. The Balaban J connectivity index is 1.59. The summed E-state index contributed by atoms with van der Waals surface area (Å²) in [5.41, 5.74) is 12.4. The van der Waals surface area contributed by atoms with Gasteiger partial charge in [0.25, 0.3) is 0 Å². The fourth-order valence-corrected chi connectivity index (χ4v) is 3.87. The largest absolute Gasteiger partial charge is 0.493 e. The minimum absolute atomic E-state index is 0.768. The maximum Gasteiger partial charge on any atom is 0.122 e. The fourth-order valence-electron chi connectivity index (χ4n) is 3.18. The Hall–Kier alpha value is -3.11. The summed E-state index contributed by atoms with van der Waals surface area (Å²) in [6.07, 6.45) is 11.7. The molecule has 3 aromatic rings. The average Bonchev–Trinajstić information content (AvgIpc) is 2.83. The van der Waals surface area contributed by atoms with Crippen molar-refractivity contribution in [1.29, 1.82) is 0 Å². The van der Waals surface area contributed by atoms with Crippen LogP contribution in [0.4, 0.5) is 11.4 Å². The number of allylic oxidation sites excluding steroid dienone is 1. The molecule has 0 bridgehead atoms. The zero-order valence-electron chi connectivity index (χ0n) is 19.8. The molecule has 0 unspecified atom stereocenters. The van der Waals surface area contributed by atoms with Crippen LogP contribution in [0.15, 0.2) is 71.6 Å². The lowest BCUT2D eigenvalue weighted by Crippen LogP contribution is -1.98. The molecule has 0 spiro atoms. The van der Waals surface area contributed by atoms with E-state index in [-0.39, 0.29) is 0 Å². The van der Waals surface area contributed by atoms with Crippen molar-refractivity contribution in [3.05, 3.63) is 89.0 Å². The summed E-state index contributed by atoms with van der Waals surface area (Å²) in [5.74, 6) is 0.971. The summed E-state index contributed by atoms with van der Waals surface area (Å²) in [6, 6.07) is 20.9. The summed E-state index contributed by atoms with van der Waals surface area (Å²) in [5, 5.41) is 0. The molecule has 3 N–H and O–H groups in total. The van der Waals surface area contributed by atoms with Gasteiger partial charge in [-0.1, -0.05) is 68.8 Å². The quantitative estimate of drug-likeness (QED) is 0.131. The van der Waals surface area contributed by atoms with Crippen LogP contribution in [0.3, 0.4) is 0 Å². The van der Waals surface area contributed by atoms with Crippen LogP contribution in [-0.4, -0.2) is 6.61 Å². The van der Waals surface area contributed by atoms with Gasteiger partial charge in [0.1, 0.15) is 5.75 Å². The van der Waals surface area contributed by atoms with Crippen LogP contribution in [0.5, 0.6) is 5.75 Å². The lowest BCUT2D eigenvalue weighted by atomic mass is 10.1. The molecule has 0 saturated heterocycles. The van der Waals surface area contributed by atoms with Gasteiger partial charge in [-0.3, -0.25) is 0 Å². The highest BCUT2D eigenvalue weighted by Gasteiger charge is 2.02. The van der Waals surface area contributed by atoms with Gasteiger partial charge in [-0.2, -0.15) is 0 Å². The third-order valence-corrected chi connectivity index (χ3v) is 6.05. The number of nitrogens with two attached hydrogens (primary N) is 1. The van der Waals surface area contributed by atoms with Crippen LogP contribution in [0.25, 0.3) is 18.2 Å². The average molecular weight is 459 g/mol. The molecule has 0 aliphatic heterocycles. The molecular weight excluding hydrogens is 424 g/mol. The maximum atomic E-state index is 6.07. The Morgan fingerprint density at radius 1 is 0.909 bits per heavy atom.